The lowest BCUT2D eigenvalue weighted by atomic mass is 10.3. The first kappa shape index (κ1) is 15.9. The molecule has 0 radical (unpaired) electrons. The van der Waals surface area contributed by atoms with Crippen molar-refractivity contribution < 1.29 is 0 Å². The number of thiazole rings is 1. The fourth-order valence-electron chi connectivity index (χ4n) is 2.62. The Morgan fingerprint density at radius 2 is 1.76 bits per heavy atom. The molecule has 0 fully saturated rings. The van der Waals surface area contributed by atoms with E-state index in [2.05, 4.69) is 9.97 Å². The summed E-state index contributed by atoms with van der Waals surface area (Å²) < 4.78 is 3.35. The van der Waals surface area contributed by atoms with Gasteiger partial charge in [-0.25, -0.2) is 9.78 Å². The number of nitrogens with zero attached hydrogens (tertiary/aromatic N) is 2. The van der Waals surface area contributed by atoms with E-state index in [1.807, 2.05) is 54.6 Å². The SMILES string of the molecule is Cc1c(Sc2nc3ccccc3s2)c(=O)[nH]c(=O)n1-c1ccccc1. The first-order valence-electron chi connectivity index (χ1n) is 7.58. The van der Waals surface area contributed by atoms with Crippen LogP contribution in [-0.4, -0.2) is 14.5 Å². The molecule has 4 rings (SSSR count). The summed E-state index contributed by atoms with van der Waals surface area (Å²) >= 11 is 2.82. The molecule has 0 aliphatic heterocycles. The van der Waals surface area contributed by atoms with Crippen molar-refractivity contribution >= 4 is 33.3 Å². The number of aromatic amines is 1. The Morgan fingerprint density at radius 3 is 2.52 bits per heavy atom. The van der Waals surface area contributed by atoms with Gasteiger partial charge in [0.25, 0.3) is 5.56 Å². The van der Waals surface area contributed by atoms with Crippen LogP contribution in [0.1, 0.15) is 5.69 Å². The zero-order chi connectivity index (χ0) is 17.4. The van der Waals surface area contributed by atoms with E-state index >= 15 is 0 Å². The zero-order valence-electron chi connectivity index (χ0n) is 13.2. The first-order chi connectivity index (χ1) is 12.1. The Balaban J connectivity index is 1.84. The van der Waals surface area contributed by atoms with Crippen LogP contribution in [0.3, 0.4) is 0 Å². The van der Waals surface area contributed by atoms with Gasteiger partial charge in [0.15, 0.2) is 4.34 Å². The predicted molar refractivity (Wildman–Crippen MR) is 101 cm³/mol. The van der Waals surface area contributed by atoms with Gasteiger partial charge in [0.05, 0.1) is 20.8 Å². The number of rotatable bonds is 3. The molecule has 7 heteroatoms. The number of benzene rings is 2. The second kappa shape index (κ2) is 6.34. The Kier molecular flexibility index (Phi) is 4.03. The number of nitrogens with one attached hydrogen (secondary N) is 1. The molecule has 0 spiro atoms. The van der Waals surface area contributed by atoms with Crippen molar-refractivity contribution in [3.05, 3.63) is 81.1 Å². The van der Waals surface area contributed by atoms with Crippen LogP contribution in [-0.2, 0) is 0 Å². The van der Waals surface area contributed by atoms with E-state index in [0.717, 1.165) is 14.6 Å². The average Bonchev–Trinajstić information content (AvgIpc) is 3.02. The van der Waals surface area contributed by atoms with Gasteiger partial charge in [0.1, 0.15) is 0 Å². The van der Waals surface area contributed by atoms with Crippen LogP contribution in [0.4, 0.5) is 0 Å². The molecule has 2 aromatic carbocycles. The molecule has 0 unspecified atom stereocenters. The molecule has 2 heterocycles. The third-order valence-electron chi connectivity index (χ3n) is 3.77. The van der Waals surface area contributed by atoms with Gasteiger partial charge in [-0.1, -0.05) is 42.1 Å². The Bertz CT molecular complexity index is 1140. The van der Waals surface area contributed by atoms with Gasteiger partial charge in [0.2, 0.25) is 0 Å². The monoisotopic (exact) mass is 367 g/mol. The maximum Gasteiger partial charge on any atom is 0.333 e. The molecular formula is C18H13N3O2S2. The molecule has 124 valence electrons. The lowest BCUT2D eigenvalue weighted by Gasteiger charge is -2.11. The van der Waals surface area contributed by atoms with Crippen LogP contribution in [0.5, 0.6) is 0 Å². The molecule has 0 saturated carbocycles. The third-order valence-corrected chi connectivity index (χ3v) is 6.05. The molecule has 0 saturated heterocycles. The summed E-state index contributed by atoms with van der Waals surface area (Å²) in [7, 11) is 0. The van der Waals surface area contributed by atoms with Crippen molar-refractivity contribution in [2.45, 2.75) is 16.2 Å². The normalized spacial score (nSPS) is 11.1. The van der Waals surface area contributed by atoms with Crippen LogP contribution in [0, 0.1) is 6.92 Å². The summed E-state index contributed by atoms with van der Waals surface area (Å²) in [5.41, 5.74) is 1.39. The minimum absolute atomic E-state index is 0.390. The number of aromatic nitrogens is 3. The Labute approximate surface area is 151 Å². The largest absolute Gasteiger partial charge is 0.333 e. The van der Waals surface area contributed by atoms with Crippen LogP contribution in [0.2, 0.25) is 0 Å². The molecule has 25 heavy (non-hydrogen) atoms. The highest BCUT2D eigenvalue weighted by atomic mass is 32.2. The number of hydrogen-bond donors (Lipinski definition) is 1. The summed E-state index contributed by atoms with van der Waals surface area (Å²) in [6.45, 7) is 1.78. The minimum atomic E-state index is -0.442. The van der Waals surface area contributed by atoms with Crippen LogP contribution in [0.25, 0.3) is 15.9 Å². The Hall–Kier alpha value is -2.64. The van der Waals surface area contributed by atoms with Gasteiger partial charge in [-0.15, -0.1) is 11.3 Å². The summed E-state index contributed by atoms with van der Waals surface area (Å²) in [4.78, 5) is 32.1. The van der Waals surface area contributed by atoms with Gasteiger partial charge < -0.3 is 0 Å². The number of H-pyrrole nitrogens is 1. The van der Waals surface area contributed by atoms with Gasteiger partial charge in [0, 0.05) is 5.69 Å². The standard InChI is InChI=1S/C18H13N3O2S2/c1-11-15(25-18-19-13-9-5-6-10-14(13)24-18)16(22)20-17(23)21(11)12-7-3-2-4-8-12/h2-10H,1H3,(H,20,22,23). The Morgan fingerprint density at radius 1 is 1.04 bits per heavy atom. The molecule has 0 atom stereocenters. The van der Waals surface area contributed by atoms with E-state index in [9.17, 15) is 9.59 Å². The maximum absolute atomic E-state index is 12.4. The number of hydrogen-bond acceptors (Lipinski definition) is 5. The van der Waals surface area contributed by atoms with Gasteiger partial charge in [-0.2, -0.15) is 0 Å². The van der Waals surface area contributed by atoms with Crippen LogP contribution >= 0.6 is 23.1 Å². The van der Waals surface area contributed by atoms with Gasteiger partial charge >= 0.3 is 5.69 Å². The van der Waals surface area contributed by atoms with Crippen molar-refractivity contribution in [1.82, 2.24) is 14.5 Å². The molecular weight excluding hydrogens is 354 g/mol. The lowest BCUT2D eigenvalue weighted by Crippen LogP contribution is -2.32. The van der Waals surface area contributed by atoms with E-state index in [-0.39, 0.29) is 5.56 Å². The third kappa shape index (κ3) is 2.92. The molecule has 0 amide bonds. The molecule has 0 aliphatic carbocycles. The smallest absolute Gasteiger partial charge is 0.273 e. The van der Waals surface area contributed by atoms with Crippen molar-refractivity contribution in [1.29, 1.82) is 0 Å². The van der Waals surface area contributed by atoms with E-state index < -0.39 is 5.69 Å². The van der Waals surface area contributed by atoms with Crippen LogP contribution in [0.15, 0.2) is 73.4 Å². The summed E-state index contributed by atoms with van der Waals surface area (Å²) in [5, 5.41) is 0. The van der Waals surface area contributed by atoms with Crippen LogP contribution < -0.4 is 11.2 Å². The lowest BCUT2D eigenvalue weighted by molar-refractivity contribution is 0.814. The van der Waals surface area contributed by atoms with E-state index in [4.69, 9.17) is 0 Å². The fourth-order valence-corrected chi connectivity index (χ4v) is 4.70. The number of para-hydroxylation sites is 2. The highest BCUT2D eigenvalue weighted by molar-refractivity contribution is 8.01. The number of fused-ring (bicyclic) bond motifs is 1. The summed E-state index contributed by atoms with van der Waals surface area (Å²) in [5.74, 6) is 0. The quantitative estimate of drug-likeness (QED) is 0.601. The van der Waals surface area contributed by atoms with Gasteiger partial charge in [-0.05, 0) is 31.2 Å². The topological polar surface area (TPSA) is 67.8 Å². The highest BCUT2D eigenvalue weighted by Gasteiger charge is 2.16. The van der Waals surface area contributed by atoms with Gasteiger partial charge in [-0.3, -0.25) is 14.3 Å². The zero-order valence-corrected chi connectivity index (χ0v) is 14.9. The fraction of sp³-hybridized carbons (Fsp3) is 0.0556. The average molecular weight is 367 g/mol. The first-order valence-corrected chi connectivity index (χ1v) is 9.21. The molecule has 1 N–H and O–H groups in total. The molecule has 0 bridgehead atoms. The second-order valence-electron chi connectivity index (χ2n) is 5.39. The summed E-state index contributed by atoms with van der Waals surface area (Å²) in [6, 6.07) is 17.1. The van der Waals surface area contributed by atoms with E-state index in [1.54, 1.807) is 6.92 Å². The molecule has 5 nitrogen and oxygen atoms in total. The molecule has 4 aromatic rings. The predicted octanol–water partition coefficient (Wildman–Crippen LogP) is 3.60. The van der Waals surface area contributed by atoms with E-state index in [1.165, 1.54) is 27.7 Å². The minimum Gasteiger partial charge on any atom is -0.273 e. The van der Waals surface area contributed by atoms with Crippen molar-refractivity contribution in [2.24, 2.45) is 0 Å². The van der Waals surface area contributed by atoms with E-state index in [0.29, 0.717) is 16.3 Å². The molecule has 2 aromatic heterocycles. The second-order valence-corrected chi connectivity index (χ2v) is 7.68. The van der Waals surface area contributed by atoms with Crippen molar-refractivity contribution in [3.8, 4) is 5.69 Å². The van der Waals surface area contributed by atoms with Crippen molar-refractivity contribution in [3.63, 3.8) is 0 Å². The maximum atomic E-state index is 12.4. The molecule has 0 aliphatic rings. The van der Waals surface area contributed by atoms with Crippen molar-refractivity contribution in [2.75, 3.05) is 0 Å². The highest BCUT2D eigenvalue weighted by Crippen LogP contribution is 2.34. The summed E-state index contributed by atoms with van der Waals surface area (Å²) in [6.07, 6.45) is 0.